The molecule has 2 fully saturated rings. The zero-order valence-corrected chi connectivity index (χ0v) is 14.7. The minimum Gasteiger partial charge on any atom is -0.492 e. The van der Waals surface area contributed by atoms with Crippen LogP contribution in [0.25, 0.3) is 17.0 Å². The number of aromatic hydroxyl groups is 1. The van der Waals surface area contributed by atoms with Gasteiger partial charge in [0.1, 0.15) is 11.0 Å². The molecule has 0 saturated heterocycles. The maximum atomic E-state index is 11.0. The number of hydrogen-bond acceptors (Lipinski definition) is 6. The van der Waals surface area contributed by atoms with E-state index >= 15 is 0 Å². The van der Waals surface area contributed by atoms with Gasteiger partial charge >= 0.3 is 5.97 Å². The van der Waals surface area contributed by atoms with E-state index in [2.05, 4.69) is 20.2 Å². The molecule has 5 rings (SSSR count). The second-order valence-electron chi connectivity index (χ2n) is 7.83. The molecule has 9 heteroatoms. The summed E-state index contributed by atoms with van der Waals surface area (Å²) in [5, 5.41) is 27.8. The number of hydrogen-bond donors (Lipinski definition) is 2. The largest absolute Gasteiger partial charge is 0.492 e. The van der Waals surface area contributed by atoms with Crippen LogP contribution in [0.1, 0.15) is 48.9 Å². The SMILES string of the molecule is O=C(O)c1cnn(-c2nc(O)c3c(cnn3CC3CCC4(CC3)CC4)n2)c1. The smallest absolute Gasteiger partial charge is 0.338 e. The molecule has 27 heavy (non-hydrogen) atoms. The summed E-state index contributed by atoms with van der Waals surface area (Å²) in [6.07, 6.45) is 11.9. The summed E-state index contributed by atoms with van der Waals surface area (Å²) in [6, 6.07) is 0. The first-order valence-electron chi connectivity index (χ1n) is 9.24. The van der Waals surface area contributed by atoms with Crippen LogP contribution in [0.2, 0.25) is 0 Å². The second-order valence-corrected chi connectivity index (χ2v) is 7.83. The summed E-state index contributed by atoms with van der Waals surface area (Å²) in [5.74, 6) is -0.586. The fourth-order valence-corrected chi connectivity index (χ4v) is 4.15. The molecule has 0 amide bonds. The van der Waals surface area contributed by atoms with Crippen LogP contribution < -0.4 is 0 Å². The zero-order valence-electron chi connectivity index (χ0n) is 14.7. The number of carbonyl (C=O) groups is 1. The molecule has 2 saturated carbocycles. The van der Waals surface area contributed by atoms with Crippen molar-refractivity contribution in [2.45, 2.75) is 45.1 Å². The van der Waals surface area contributed by atoms with Crippen LogP contribution in [0.4, 0.5) is 0 Å². The summed E-state index contributed by atoms with van der Waals surface area (Å²) in [4.78, 5) is 19.5. The van der Waals surface area contributed by atoms with Crippen LogP contribution in [0.5, 0.6) is 5.88 Å². The van der Waals surface area contributed by atoms with Gasteiger partial charge in [-0.2, -0.15) is 15.2 Å². The van der Waals surface area contributed by atoms with Gasteiger partial charge in [-0.05, 0) is 49.9 Å². The van der Waals surface area contributed by atoms with E-state index in [0.29, 0.717) is 22.4 Å². The van der Waals surface area contributed by atoms with E-state index in [1.165, 1.54) is 55.6 Å². The van der Waals surface area contributed by atoms with Crippen LogP contribution in [-0.4, -0.2) is 45.7 Å². The number of aromatic carboxylic acids is 1. The van der Waals surface area contributed by atoms with Crippen molar-refractivity contribution in [3.05, 3.63) is 24.2 Å². The Morgan fingerprint density at radius 3 is 2.59 bits per heavy atom. The third-order valence-corrected chi connectivity index (χ3v) is 6.05. The average Bonchev–Trinajstić information content (AvgIpc) is 3.08. The van der Waals surface area contributed by atoms with Gasteiger partial charge in [0, 0.05) is 12.7 Å². The van der Waals surface area contributed by atoms with Gasteiger partial charge in [-0.1, -0.05) is 0 Å². The summed E-state index contributed by atoms with van der Waals surface area (Å²) >= 11 is 0. The summed E-state index contributed by atoms with van der Waals surface area (Å²) in [7, 11) is 0. The van der Waals surface area contributed by atoms with Gasteiger partial charge < -0.3 is 10.2 Å². The van der Waals surface area contributed by atoms with Crippen molar-refractivity contribution in [3.63, 3.8) is 0 Å². The molecule has 0 aliphatic heterocycles. The van der Waals surface area contributed by atoms with E-state index in [1.54, 1.807) is 10.9 Å². The van der Waals surface area contributed by atoms with Crippen molar-refractivity contribution in [1.29, 1.82) is 0 Å². The maximum absolute atomic E-state index is 11.0. The molecule has 3 aromatic rings. The van der Waals surface area contributed by atoms with Gasteiger partial charge in [-0.15, -0.1) is 0 Å². The third kappa shape index (κ3) is 2.83. The molecular formula is C18H20N6O3. The Labute approximate surface area is 154 Å². The molecule has 1 spiro atoms. The predicted molar refractivity (Wildman–Crippen MR) is 94.7 cm³/mol. The molecule has 2 N–H and O–H groups in total. The third-order valence-electron chi connectivity index (χ3n) is 6.05. The second kappa shape index (κ2) is 5.77. The standard InChI is InChI=1S/C18H20N6O3/c25-15-14-13(21-17(22-15)24-10-12(7-19-24)16(26)27)8-20-23(14)9-11-1-3-18(4-2-11)5-6-18/h7-8,10-11H,1-6,9H2,(H,26,27)(H,21,22,25). The molecule has 0 atom stereocenters. The number of carboxylic acids is 1. The van der Waals surface area contributed by atoms with E-state index in [9.17, 15) is 9.90 Å². The topological polar surface area (TPSA) is 119 Å². The number of aromatic nitrogens is 6. The fraction of sp³-hybridized carbons (Fsp3) is 0.500. The van der Waals surface area contributed by atoms with Crippen LogP contribution in [0, 0.1) is 11.3 Å². The number of fused-ring (bicyclic) bond motifs is 1. The summed E-state index contributed by atoms with van der Waals surface area (Å²) < 4.78 is 3.02. The van der Waals surface area contributed by atoms with Crippen molar-refractivity contribution in [1.82, 2.24) is 29.5 Å². The lowest BCUT2D eigenvalue weighted by Gasteiger charge is -2.28. The molecule has 0 aromatic carbocycles. The van der Waals surface area contributed by atoms with Crippen LogP contribution in [0.15, 0.2) is 18.6 Å². The summed E-state index contributed by atoms with van der Waals surface area (Å²) in [5.41, 5.74) is 1.71. The molecular weight excluding hydrogens is 348 g/mol. The van der Waals surface area contributed by atoms with Crippen molar-refractivity contribution >= 4 is 17.0 Å². The van der Waals surface area contributed by atoms with E-state index in [-0.39, 0.29) is 17.4 Å². The molecule has 0 unspecified atom stereocenters. The van der Waals surface area contributed by atoms with Crippen LogP contribution >= 0.6 is 0 Å². The summed E-state index contributed by atoms with van der Waals surface area (Å²) in [6.45, 7) is 0.751. The van der Waals surface area contributed by atoms with Crippen molar-refractivity contribution < 1.29 is 15.0 Å². The monoisotopic (exact) mass is 368 g/mol. The first-order chi connectivity index (χ1) is 13.0. The Bertz CT molecular complexity index is 1030. The Hall–Kier alpha value is -2.97. The molecule has 3 aromatic heterocycles. The van der Waals surface area contributed by atoms with E-state index < -0.39 is 5.97 Å². The average molecular weight is 368 g/mol. The lowest BCUT2D eigenvalue weighted by Crippen LogP contribution is -2.20. The minimum atomic E-state index is -1.08. The highest BCUT2D eigenvalue weighted by atomic mass is 16.4. The van der Waals surface area contributed by atoms with Gasteiger partial charge in [0.2, 0.25) is 5.88 Å². The fourth-order valence-electron chi connectivity index (χ4n) is 4.15. The van der Waals surface area contributed by atoms with E-state index in [1.807, 2.05) is 0 Å². The molecule has 0 bridgehead atoms. The van der Waals surface area contributed by atoms with Gasteiger partial charge in [0.05, 0.1) is 18.0 Å². The number of rotatable bonds is 4. The van der Waals surface area contributed by atoms with Crippen molar-refractivity contribution in [2.75, 3.05) is 0 Å². The highest BCUT2D eigenvalue weighted by Gasteiger charge is 2.44. The van der Waals surface area contributed by atoms with Gasteiger partial charge in [0.25, 0.3) is 5.95 Å². The normalized spacial score (nSPS) is 19.0. The maximum Gasteiger partial charge on any atom is 0.338 e. The Morgan fingerprint density at radius 2 is 1.93 bits per heavy atom. The first kappa shape index (κ1) is 16.2. The molecule has 2 aliphatic carbocycles. The molecule has 2 aliphatic rings. The molecule has 3 heterocycles. The highest BCUT2D eigenvalue weighted by molar-refractivity contribution is 5.87. The van der Waals surface area contributed by atoms with Crippen LogP contribution in [0.3, 0.4) is 0 Å². The highest BCUT2D eigenvalue weighted by Crippen LogP contribution is 2.57. The predicted octanol–water partition coefficient (Wildman–Crippen LogP) is 2.39. The molecule has 9 nitrogen and oxygen atoms in total. The van der Waals surface area contributed by atoms with Gasteiger partial charge in [-0.25, -0.2) is 14.5 Å². The lowest BCUT2D eigenvalue weighted by molar-refractivity contribution is 0.0697. The molecule has 0 radical (unpaired) electrons. The van der Waals surface area contributed by atoms with Gasteiger partial charge in [-0.3, -0.25) is 4.68 Å². The van der Waals surface area contributed by atoms with Gasteiger partial charge in [0.15, 0.2) is 0 Å². The van der Waals surface area contributed by atoms with Crippen molar-refractivity contribution in [3.8, 4) is 11.8 Å². The molecule has 140 valence electrons. The Balaban J connectivity index is 1.41. The zero-order chi connectivity index (χ0) is 18.6. The minimum absolute atomic E-state index is 0.0274. The van der Waals surface area contributed by atoms with E-state index in [0.717, 1.165) is 6.54 Å². The van der Waals surface area contributed by atoms with Crippen LogP contribution in [-0.2, 0) is 6.54 Å². The lowest BCUT2D eigenvalue weighted by atomic mass is 9.80. The van der Waals surface area contributed by atoms with E-state index in [4.69, 9.17) is 5.11 Å². The number of nitrogens with zero attached hydrogens (tertiary/aromatic N) is 6. The number of carboxylic acid groups (broad SMARTS) is 1. The van der Waals surface area contributed by atoms with Crippen molar-refractivity contribution in [2.24, 2.45) is 11.3 Å². The Kier molecular flexibility index (Phi) is 3.46. The Morgan fingerprint density at radius 1 is 1.15 bits per heavy atom. The quantitative estimate of drug-likeness (QED) is 0.725. The first-order valence-corrected chi connectivity index (χ1v) is 9.24.